The number of esters is 1. The Morgan fingerprint density at radius 2 is 2.08 bits per heavy atom. The molecule has 0 amide bonds. The SMILES string of the molecule is Cc1cccc(C)c1-n1nnnc1SCC(=O)O[C@H]1CCS(=O)(=O)C1. The van der Waals surface area contributed by atoms with Crippen molar-refractivity contribution in [2.24, 2.45) is 0 Å². The number of ether oxygens (including phenoxy) is 1. The standard InChI is InChI=1S/C15H18N4O4S2/c1-10-4-3-5-11(2)14(10)19-15(16-17-18-19)24-8-13(20)23-12-6-7-25(21,22)9-12/h3-5,12H,6-9H2,1-2H3/t12-/m0/s1. The molecule has 1 saturated heterocycles. The number of sulfone groups is 1. The molecule has 0 spiro atoms. The first-order valence-electron chi connectivity index (χ1n) is 7.73. The molecular weight excluding hydrogens is 364 g/mol. The Hall–Kier alpha value is -1.94. The molecule has 0 aliphatic carbocycles. The zero-order valence-corrected chi connectivity index (χ0v) is 15.5. The van der Waals surface area contributed by atoms with E-state index in [1.807, 2.05) is 32.0 Å². The van der Waals surface area contributed by atoms with Gasteiger partial charge in [0, 0.05) is 0 Å². The van der Waals surface area contributed by atoms with E-state index in [-0.39, 0.29) is 17.3 Å². The molecule has 0 saturated carbocycles. The third-order valence-electron chi connectivity index (χ3n) is 3.90. The van der Waals surface area contributed by atoms with Gasteiger partial charge in [0.25, 0.3) is 0 Å². The molecule has 1 aliphatic heterocycles. The Kier molecular flexibility index (Phi) is 5.09. The number of carbonyl (C=O) groups excluding carboxylic acids is 1. The summed E-state index contributed by atoms with van der Waals surface area (Å²) >= 11 is 1.16. The zero-order valence-electron chi connectivity index (χ0n) is 13.9. The molecule has 10 heteroatoms. The summed E-state index contributed by atoms with van der Waals surface area (Å²) in [5, 5.41) is 12.1. The topological polar surface area (TPSA) is 104 Å². The summed E-state index contributed by atoms with van der Waals surface area (Å²) in [7, 11) is -3.07. The molecule has 3 rings (SSSR count). The fourth-order valence-corrected chi connectivity index (χ4v) is 5.00. The highest BCUT2D eigenvalue weighted by Gasteiger charge is 2.30. The first kappa shape index (κ1) is 17.9. The van der Waals surface area contributed by atoms with Gasteiger partial charge in [0.15, 0.2) is 9.84 Å². The number of hydrogen-bond acceptors (Lipinski definition) is 8. The fraction of sp³-hybridized carbons (Fsp3) is 0.467. The molecule has 2 aromatic rings. The predicted octanol–water partition coefficient (Wildman–Crippen LogP) is 1.10. The quantitative estimate of drug-likeness (QED) is 0.559. The van der Waals surface area contributed by atoms with Gasteiger partial charge in [-0.15, -0.1) is 5.10 Å². The van der Waals surface area contributed by atoms with Gasteiger partial charge in [-0.2, -0.15) is 4.68 Å². The Bertz CT molecular complexity index is 874. The van der Waals surface area contributed by atoms with Gasteiger partial charge in [0.05, 0.1) is 22.9 Å². The third kappa shape index (κ3) is 4.18. The minimum Gasteiger partial charge on any atom is -0.461 e. The third-order valence-corrected chi connectivity index (χ3v) is 6.53. The van der Waals surface area contributed by atoms with Crippen LogP contribution in [0.2, 0.25) is 0 Å². The number of aryl methyl sites for hydroxylation is 2. The van der Waals surface area contributed by atoms with E-state index in [1.165, 1.54) is 0 Å². The van der Waals surface area contributed by atoms with E-state index in [0.717, 1.165) is 28.6 Å². The molecular formula is C15H18N4O4S2. The molecule has 134 valence electrons. The minimum atomic E-state index is -3.07. The number of hydrogen-bond donors (Lipinski definition) is 0. The molecule has 25 heavy (non-hydrogen) atoms. The second kappa shape index (κ2) is 7.12. The fourth-order valence-electron chi connectivity index (χ4n) is 2.75. The van der Waals surface area contributed by atoms with Crippen LogP contribution in [0.25, 0.3) is 5.69 Å². The molecule has 1 fully saturated rings. The van der Waals surface area contributed by atoms with Gasteiger partial charge in [-0.05, 0) is 41.8 Å². The lowest BCUT2D eigenvalue weighted by atomic mass is 10.1. The van der Waals surface area contributed by atoms with Gasteiger partial charge in [0.2, 0.25) is 5.16 Å². The molecule has 1 aromatic carbocycles. The summed E-state index contributed by atoms with van der Waals surface area (Å²) in [6.07, 6.45) is -0.188. The molecule has 1 aromatic heterocycles. The van der Waals surface area contributed by atoms with Crippen LogP contribution in [0.5, 0.6) is 0 Å². The summed E-state index contributed by atoms with van der Waals surface area (Å²) in [6.45, 7) is 3.93. The van der Waals surface area contributed by atoms with Gasteiger partial charge in [-0.1, -0.05) is 30.0 Å². The van der Waals surface area contributed by atoms with Crippen molar-refractivity contribution < 1.29 is 17.9 Å². The van der Waals surface area contributed by atoms with Crippen molar-refractivity contribution in [2.75, 3.05) is 17.3 Å². The second-order valence-electron chi connectivity index (χ2n) is 5.92. The normalized spacial score (nSPS) is 19.0. The lowest BCUT2D eigenvalue weighted by Gasteiger charge is -2.11. The van der Waals surface area contributed by atoms with E-state index < -0.39 is 21.9 Å². The number of carbonyl (C=O) groups is 1. The number of benzene rings is 1. The highest BCUT2D eigenvalue weighted by Crippen LogP contribution is 2.24. The van der Waals surface area contributed by atoms with E-state index in [9.17, 15) is 13.2 Å². The average molecular weight is 382 g/mol. The lowest BCUT2D eigenvalue weighted by Crippen LogP contribution is -2.20. The van der Waals surface area contributed by atoms with Gasteiger partial charge in [-0.3, -0.25) is 4.79 Å². The van der Waals surface area contributed by atoms with Crippen LogP contribution in [-0.4, -0.2) is 58.0 Å². The number of tetrazole rings is 1. The maximum absolute atomic E-state index is 12.0. The molecule has 1 atom stereocenters. The monoisotopic (exact) mass is 382 g/mol. The molecule has 1 aliphatic rings. The van der Waals surface area contributed by atoms with Gasteiger partial charge in [-0.25, -0.2) is 8.42 Å². The van der Waals surface area contributed by atoms with Crippen LogP contribution in [-0.2, 0) is 19.4 Å². The van der Waals surface area contributed by atoms with E-state index in [2.05, 4.69) is 15.5 Å². The minimum absolute atomic E-state index is 0.0157. The Labute approximate surface area is 149 Å². The Balaban J connectivity index is 1.65. The summed E-state index contributed by atoms with van der Waals surface area (Å²) in [4.78, 5) is 12.0. The summed E-state index contributed by atoms with van der Waals surface area (Å²) in [5.41, 5.74) is 2.92. The molecule has 2 heterocycles. The zero-order chi connectivity index (χ0) is 18.0. The second-order valence-corrected chi connectivity index (χ2v) is 9.09. The van der Waals surface area contributed by atoms with Crippen LogP contribution in [0.4, 0.5) is 0 Å². The van der Waals surface area contributed by atoms with Crippen molar-refractivity contribution in [3.05, 3.63) is 29.3 Å². The van der Waals surface area contributed by atoms with Crippen molar-refractivity contribution >= 4 is 27.6 Å². The number of aromatic nitrogens is 4. The molecule has 0 unspecified atom stereocenters. The van der Waals surface area contributed by atoms with Crippen molar-refractivity contribution in [1.82, 2.24) is 20.2 Å². The Morgan fingerprint density at radius 1 is 1.36 bits per heavy atom. The number of para-hydroxylation sites is 1. The summed E-state index contributed by atoms with van der Waals surface area (Å²) < 4.78 is 29.6. The van der Waals surface area contributed by atoms with Crippen molar-refractivity contribution in [1.29, 1.82) is 0 Å². The van der Waals surface area contributed by atoms with Crippen LogP contribution in [0.1, 0.15) is 17.5 Å². The predicted molar refractivity (Wildman–Crippen MR) is 92.5 cm³/mol. The molecule has 8 nitrogen and oxygen atoms in total. The Morgan fingerprint density at radius 3 is 2.72 bits per heavy atom. The van der Waals surface area contributed by atoms with E-state index in [1.54, 1.807) is 4.68 Å². The van der Waals surface area contributed by atoms with Crippen molar-refractivity contribution in [3.63, 3.8) is 0 Å². The number of nitrogens with zero attached hydrogens (tertiary/aromatic N) is 4. The van der Waals surface area contributed by atoms with Crippen LogP contribution in [0.15, 0.2) is 23.4 Å². The molecule has 0 N–H and O–H groups in total. The largest absolute Gasteiger partial charge is 0.461 e. The van der Waals surface area contributed by atoms with E-state index in [4.69, 9.17) is 4.74 Å². The highest BCUT2D eigenvalue weighted by molar-refractivity contribution is 7.99. The van der Waals surface area contributed by atoms with Crippen molar-refractivity contribution in [2.45, 2.75) is 31.5 Å². The van der Waals surface area contributed by atoms with Gasteiger partial charge >= 0.3 is 5.97 Å². The van der Waals surface area contributed by atoms with Crippen LogP contribution in [0, 0.1) is 13.8 Å². The van der Waals surface area contributed by atoms with Crippen LogP contribution >= 0.6 is 11.8 Å². The van der Waals surface area contributed by atoms with Crippen LogP contribution in [0.3, 0.4) is 0 Å². The van der Waals surface area contributed by atoms with Crippen molar-refractivity contribution in [3.8, 4) is 5.69 Å². The lowest BCUT2D eigenvalue weighted by molar-refractivity contribution is -0.144. The molecule has 0 radical (unpaired) electrons. The first-order valence-corrected chi connectivity index (χ1v) is 10.5. The summed E-state index contributed by atoms with van der Waals surface area (Å²) in [5.74, 6) is -0.475. The van der Waals surface area contributed by atoms with E-state index >= 15 is 0 Å². The highest BCUT2D eigenvalue weighted by atomic mass is 32.2. The van der Waals surface area contributed by atoms with Gasteiger partial charge in [0.1, 0.15) is 6.10 Å². The number of rotatable bonds is 5. The van der Waals surface area contributed by atoms with E-state index in [0.29, 0.717) is 11.6 Å². The van der Waals surface area contributed by atoms with Gasteiger partial charge < -0.3 is 4.74 Å². The summed E-state index contributed by atoms with van der Waals surface area (Å²) in [6, 6.07) is 5.89. The molecule has 0 bridgehead atoms. The number of thioether (sulfide) groups is 1. The maximum Gasteiger partial charge on any atom is 0.316 e. The first-order chi connectivity index (χ1) is 11.9. The maximum atomic E-state index is 12.0. The smallest absolute Gasteiger partial charge is 0.316 e. The average Bonchev–Trinajstić information content (AvgIpc) is 3.11. The van der Waals surface area contributed by atoms with Crippen LogP contribution < -0.4 is 0 Å².